The van der Waals surface area contributed by atoms with Gasteiger partial charge in [0, 0.05) is 24.2 Å². The van der Waals surface area contributed by atoms with Gasteiger partial charge in [0.15, 0.2) is 5.65 Å². The normalized spacial score (nSPS) is 11.1. The summed E-state index contributed by atoms with van der Waals surface area (Å²) in [6.45, 7) is 2.13. The minimum Gasteiger partial charge on any atom is -0.497 e. The number of aromatic nitrogens is 4. The summed E-state index contributed by atoms with van der Waals surface area (Å²) in [6.07, 6.45) is 0.962. The highest BCUT2D eigenvalue weighted by molar-refractivity contribution is 7.99. The van der Waals surface area contributed by atoms with E-state index in [4.69, 9.17) is 4.74 Å². The highest BCUT2D eigenvalue weighted by Crippen LogP contribution is 2.27. The molecule has 0 saturated carbocycles. The molecule has 0 fully saturated rings. The molecule has 29 heavy (non-hydrogen) atoms. The molecule has 0 aliphatic heterocycles. The number of nitrogens with one attached hydrogen (secondary N) is 1. The van der Waals surface area contributed by atoms with Gasteiger partial charge >= 0.3 is 0 Å². The van der Waals surface area contributed by atoms with Crippen LogP contribution in [-0.2, 0) is 18.3 Å². The average Bonchev–Trinajstić information content (AvgIpc) is 3.03. The Morgan fingerprint density at radius 2 is 2.07 bits per heavy atom. The van der Waals surface area contributed by atoms with Crippen molar-refractivity contribution in [2.24, 2.45) is 7.05 Å². The van der Waals surface area contributed by atoms with Gasteiger partial charge in [0.2, 0.25) is 11.1 Å². The van der Waals surface area contributed by atoms with Gasteiger partial charge in [-0.3, -0.25) is 4.79 Å². The summed E-state index contributed by atoms with van der Waals surface area (Å²) in [4.78, 5) is 16.9. The second kappa shape index (κ2) is 8.08. The van der Waals surface area contributed by atoms with Crippen molar-refractivity contribution in [1.29, 1.82) is 0 Å². The zero-order chi connectivity index (χ0) is 20.4. The predicted molar refractivity (Wildman–Crippen MR) is 116 cm³/mol. The van der Waals surface area contributed by atoms with E-state index in [1.807, 2.05) is 29.8 Å². The van der Waals surface area contributed by atoms with Crippen molar-refractivity contribution in [3.05, 3.63) is 48.0 Å². The number of fused-ring (bicyclic) bond motifs is 3. The molecule has 0 saturated heterocycles. The minimum atomic E-state index is -0.142. The Labute approximate surface area is 172 Å². The van der Waals surface area contributed by atoms with Crippen LogP contribution in [0.2, 0.25) is 0 Å². The third-order valence-corrected chi connectivity index (χ3v) is 5.58. The van der Waals surface area contributed by atoms with Gasteiger partial charge < -0.3 is 14.6 Å². The highest BCUT2D eigenvalue weighted by Gasteiger charge is 2.14. The number of thioether (sulfide) groups is 1. The maximum absolute atomic E-state index is 12.3. The van der Waals surface area contributed by atoms with Crippen molar-refractivity contribution in [2.75, 3.05) is 18.2 Å². The van der Waals surface area contributed by atoms with Crippen molar-refractivity contribution in [3.63, 3.8) is 0 Å². The van der Waals surface area contributed by atoms with Crippen molar-refractivity contribution >= 4 is 45.4 Å². The fraction of sp³-hybridized carbons (Fsp3) is 0.238. The molecule has 0 atom stereocenters. The van der Waals surface area contributed by atoms with Gasteiger partial charge in [-0.15, -0.1) is 10.2 Å². The van der Waals surface area contributed by atoms with Crippen molar-refractivity contribution < 1.29 is 9.53 Å². The maximum Gasteiger partial charge on any atom is 0.234 e. The predicted octanol–water partition coefficient (Wildman–Crippen LogP) is 3.82. The molecule has 0 unspecified atom stereocenters. The number of carbonyl (C=O) groups excluding carboxylic acids is 1. The molecule has 1 amide bonds. The van der Waals surface area contributed by atoms with Gasteiger partial charge in [0.25, 0.3) is 0 Å². The summed E-state index contributed by atoms with van der Waals surface area (Å²) in [7, 11) is 3.56. The quantitative estimate of drug-likeness (QED) is 0.489. The molecule has 0 aliphatic carbocycles. The molecule has 2 aromatic carbocycles. The summed E-state index contributed by atoms with van der Waals surface area (Å²) in [5.41, 5.74) is 4.54. The zero-order valence-corrected chi connectivity index (χ0v) is 17.3. The fourth-order valence-corrected chi connectivity index (χ4v) is 3.78. The van der Waals surface area contributed by atoms with E-state index in [9.17, 15) is 4.79 Å². The highest BCUT2D eigenvalue weighted by atomic mass is 32.2. The Morgan fingerprint density at radius 1 is 1.21 bits per heavy atom. The number of hydrogen-bond donors (Lipinski definition) is 1. The van der Waals surface area contributed by atoms with E-state index in [1.54, 1.807) is 13.2 Å². The molecule has 8 heteroatoms. The molecular weight excluding hydrogens is 386 g/mol. The van der Waals surface area contributed by atoms with E-state index in [-0.39, 0.29) is 11.7 Å². The van der Waals surface area contributed by atoms with Gasteiger partial charge in [-0.05, 0) is 36.2 Å². The number of amides is 1. The zero-order valence-electron chi connectivity index (χ0n) is 16.5. The summed E-state index contributed by atoms with van der Waals surface area (Å²) >= 11 is 1.26. The Morgan fingerprint density at radius 3 is 2.86 bits per heavy atom. The third-order valence-electron chi connectivity index (χ3n) is 4.74. The lowest BCUT2D eigenvalue weighted by atomic mass is 10.1. The van der Waals surface area contributed by atoms with Crippen molar-refractivity contribution in [3.8, 4) is 5.75 Å². The number of rotatable bonds is 6. The maximum atomic E-state index is 12.3. The Kier molecular flexibility index (Phi) is 5.35. The number of ether oxygens (including phenoxy) is 1. The first-order valence-corrected chi connectivity index (χ1v) is 10.3. The monoisotopic (exact) mass is 407 g/mol. The lowest BCUT2D eigenvalue weighted by Crippen LogP contribution is -2.14. The van der Waals surface area contributed by atoms with E-state index in [0.717, 1.165) is 28.5 Å². The van der Waals surface area contributed by atoms with Crippen LogP contribution in [0.25, 0.3) is 22.1 Å². The molecule has 7 nitrogen and oxygen atoms in total. The number of benzene rings is 2. The molecule has 0 aliphatic rings. The van der Waals surface area contributed by atoms with E-state index < -0.39 is 0 Å². The molecule has 4 aromatic rings. The Hall–Kier alpha value is -3.13. The number of anilines is 1. The van der Waals surface area contributed by atoms with Crippen molar-refractivity contribution in [1.82, 2.24) is 19.7 Å². The number of carbonyl (C=O) groups is 1. The average molecular weight is 407 g/mol. The number of aryl methyl sites for hydroxylation is 2. The van der Waals surface area contributed by atoms with Gasteiger partial charge in [-0.25, -0.2) is 4.98 Å². The molecule has 2 heterocycles. The van der Waals surface area contributed by atoms with Gasteiger partial charge in [0.05, 0.1) is 18.4 Å². The first-order valence-electron chi connectivity index (χ1n) is 9.27. The lowest BCUT2D eigenvalue weighted by Gasteiger charge is -2.06. The summed E-state index contributed by atoms with van der Waals surface area (Å²) in [6, 6.07) is 13.6. The molecule has 2 aromatic heterocycles. The van der Waals surface area contributed by atoms with Gasteiger partial charge in [-0.1, -0.05) is 30.8 Å². The summed E-state index contributed by atoms with van der Waals surface area (Å²) in [5, 5.41) is 13.0. The van der Waals surface area contributed by atoms with Crippen molar-refractivity contribution in [2.45, 2.75) is 18.5 Å². The summed E-state index contributed by atoms with van der Waals surface area (Å²) < 4.78 is 7.18. The first-order chi connectivity index (χ1) is 14.1. The van der Waals surface area contributed by atoms with Crippen LogP contribution in [-0.4, -0.2) is 38.5 Å². The van der Waals surface area contributed by atoms with E-state index in [2.05, 4.69) is 45.6 Å². The number of nitrogens with zero attached hydrogens (tertiary/aromatic N) is 4. The molecule has 0 spiro atoms. The lowest BCUT2D eigenvalue weighted by molar-refractivity contribution is -0.113. The SMILES string of the molecule is CCc1ccc2c(c1)c1nnc(SCC(=O)Nc3cccc(OC)c3)nc1n2C. The number of methoxy groups -OCH3 is 1. The van der Waals surface area contributed by atoms with E-state index in [0.29, 0.717) is 16.6 Å². The van der Waals surface area contributed by atoms with Gasteiger partial charge in [-0.2, -0.15) is 0 Å². The second-order valence-electron chi connectivity index (χ2n) is 6.60. The first kappa shape index (κ1) is 19.2. The molecule has 0 radical (unpaired) electrons. The smallest absolute Gasteiger partial charge is 0.234 e. The topological polar surface area (TPSA) is 81.9 Å². The molecular formula is C21H21N5O2S. The van der Waals surface area contributed by atoms with Crippen LogP contribution in [0, 0.1) is 0 Å². The number of hydrogen-bond acceptors (Lipinski definition) is 6. The molecule has 1 N–H and O–H groups in total. The van der Waals surface area contributed by atoms with Crippen LogP contribution in [0.1, 0.15) is 12.5 Å². The van der Waals surface area contributed by atoms with Crippen LogP contribution in [0.5, 0.6) is 5.75 Å². The van der Waals surface area contributed by atoms with Crippen LogP contribution < -0.4 is 10.1 Å². The molecule has 148 valence electrons. The second-order valence-corrected chi connectivity index (χ2v) is 7.54. The summed E-state index contributed by atoms with van der Waals surface area (Å²) in [5.74, 6) is 0.737. The standard InChI is InChI=1S/C21H21N5O2S/c1-4-13-8-9-17-16(10-13)19-20(26(17)2)23-21(25-24-19)29-12-18(27)22-14-6-5-7-15(11-14)28-3/h5-11H,4,12H2,1-3H3,(H,22,27). The minimum absolute atomic E-state index is 0.142. The fourth-order valence-electron chi connectivity index (χ4n) is 3.20. The third kappa shape index (κ3) is 3.88. The van der Waals surface area contributed by atoms with Crippen LogP contribution in [0.15, 0.2) is 47.6 Å². The molecule has 0 bridgehead atoms. The Balaban J connectivity index is 1.51. The van der Waals surface area contributed by atoms with Gasteiger partial charge in [0.1, 0.15) is 11.3 Å². The van der Waals surface area contributed by atoms with Crippen LogP contribution in [0.4, 0.5) is 5.69 Å². The molecule has 4 rings (SSSR count). The largest absolute Gasteiger partial charge is 0.497 e. The van der Waals surface area contributed by atoms with E-state index >= 15 is 0 Å². The van der Waals surface area contributed by atoms with E-state index in [1.165, 1.54) is 17.3 Å². The van der Waals surface area contributed by atoms with Crippen LogP contribution in [0.3, 0.4) is 0 Å². The van der Waals surface area contributed by atoms with Crippen LogP contribution >= 0.6 is 11.8 Å². The Bertz CT molecular complexity index is 1200.